The highest BCUT2D eigenvalue weighted by Gasteiger charge is 2.23. The van der Waals surface area contributed by atoms with Crippen molar-refractivity contribution in [2.45, 2.75) is 51.2 Å². The van der Waals surface area contributed by atoms with Gasteiger partial charge in [-0.2, -0.15) is 10.1 Å². The third-order valence-corrected chi connectivity index (χ3v) is 7.15. The highest BCUT2D eigenvalue weighted by atomic mass is 35.5. The van der Waals surface area contributed by atoms with Gasteiger partial charge in [0.2, 0.25) is 5.95 Å². The van der Waals surface area contributed by atoms with E-state index in [1.165, 1.54) is 0 Å². The summed E-state index contributed by atoms with van der Waals surface area (Å²) in [5.74, 6) is 1.65. The van der Waals surface area contributed by atoms with Crippen LogP contribution in [0.25, 0.3) is 16.6 Å². The van der Waals surface area contributed by atoms with Gasteiger partial charge in [-0.3, -0.25) is 0 Å². The average Bonchev–Trinajstić information content (AvgIpc) is 3.16. The van der Waals surface area contributed by atoms with Gasteiger partial charge in [-0.05, 0) is 56.9 Å². The minimum absolute atomic E-state index is 0.371. The first-order chi connectivity index (χ1) is 17.0. The number of nitrogens with one attached hydrogen (secondary N) is 2. The van der Waals surface area contributed by atoms with Crippen molar-refractivity contribution < 1.29 is 0 Å². The van der Waals surface area contributed by atoms with Crippen molar-refractivity contribution >= 4 is 34.3 Å². The first-order valence-electron chi connectivity index (χ1n) is 12.2. The van der Waals surface area contributed by atoms with E-state index in [0.29, 0.717) is 23.2 Å². The molecule has 1 saturated carbocycles. The zero-order valence-electron chi connectivity index (χ0n) is 20.5. The standard InChI is InChI=1S/C27H32ClN7/c1-18-23(25(28)35(33-18)21-9-5-4-6-10-21)17-29-19-13-15-20(16-14-19)30-27-31-24-12-8-7-11-22(24)26(32-27)34(2)3/h4-12,19-20,29H,13-17H2,1-3H3,(H,30,31,32). The Morgan fingerprint density at radius 2 is 1.63 bits per heavy atom. The molecule has 7 nitrogen and oxygen atoms in total. The molecule has 0 spiro atoms. The zero-order chi connectivity index (χ0) is 24.4. The molecule has 5 rings (SSSR count). The molecular weight excluding hydrogens is 458 g/mol. The van der Waals surface area contributed by atoms with Crippen LogP contribution in [0.15, 0.2) is 54.6 Å². The first-order valence-corrected chi connectivity index (χ1v) is 12.6. The normalized spacial score (nSPS) is 18.1. The summed E-state index contributed by atoms with van der Waals surface area (Å²) in [6, 6.07) is 19.0. The summed E-state index contributed by atoms with van der Waals surface area (Å²) < 4.78 is 1.82. The molecule has 2 aromatic heterocycles. The van der Waals surface area contributed by atoms with Crippen molar-refractivity contribution in [3.8, 4) is 5.69 Å². The number of rotatable bonds is 7. The smallest absolute Gasteiger partial charge is 0.225 e. The average molecular weight is 490 g/mol. The molecule has 0 bridgehead atoms. The van der Waals surface area contributed by atoms with Crippen LogP contribution < -0.4 is 15.5 Å². The largest absolute Gasteiger partial charge is 0.362 e. The van der Waals surface area contributed by atoms with Gasteiger partial charge in [-0.1, -0.05) is 41.9 Å². The molecule has 35 heavy (non-hydrogen) atoms. The van der Waals surface area contributed by atoms with Gasteiger partial charge < -0.3 is 15.5 Å². The Hall–Kier alpha value is -3.16. The summed E-state index contributed by atoms with van der Waals surface area (Å²) in [6.45, 7) is 2.74. The number of hydrogen-bond donors (Lipinski definition) is 2. The van der Waals surface area contributed by atoms with Crippen molar-refractivity contribution in [2.75, 3.05) is 24.3 Å². The number of anilines is 2. The molecule has 0 radical (unpaired) electrons. The third-order valence-electron chi connectivity index (χ3n) is 6.76. The van der Waals surface area contributed by atoms with E-state index in [4.69, 9.17) is 21.6 Å². The molecule has 0 atom stereocenters. The predicted octanol–water partition coefficient (Wildman–Crippen LogP) is 5.36. The fraction of sp³-hybridized carbons (Fsp3) is 0.370. The number of aromatic nitrogens is 4. The first kappa shape index (κ1) is 23.6. The van der Waals surface area contributed by atoms with Crippen LogP contribution in [0.3, 0.4) is 0 Å². The van der Waals surface area contributed by atoms with E-state index in [1.807, 2.05) is 79.1 Å². The predicted molar refractivity (Wildman–Crippen MR) is 144 cm³/mol. The summed E-state index contributed by atoms with van der Waals surface area (Å²) >= 11 is 6.70. The highest BCUT2D eigenvalue weighted by molar-refractivity contribution is 6.30. The van der Waals surface area contributed by atoms with Crippen molar-refractivity contribution in [3.63, 3.8) is 0 Å². The molecule has 0 saturated heterocycles. The van der Waals surface area contributed by atoms with Crippen molar-refractivity contribution in [2.24, 2.45) is 0 Å². The number of benzene rings is 2. The molecule has 8 heteroatoms. The molecule has 1 aliphatic carbocycles. The van der Waals surface area contributed by atoms with Gasteiger partial charge in [0.1, 0.15) is 11.0 Å². The summed E-state index contributed by atoms with van der Waals surface area (Å²) in [4.78, 5) is 11.6. The van der Waals surface area contributed by atoms with E-state index < -0.39 is 0 Å². The maximum absolute atomic E-state index is 6.70. The Kier molecular flexibility index (Phi) is 6.88. The quantitative estimate of drug-likeness (QED) is 0.364. The summed E-state index contributed by atoms with van der Waals surface area (Å²) in [5, 5.41) is 13.7. The molecule has 2 N–H and O–H groups in total. The van der Waals surface area contributed by atoms with Gasteiger partial charge in [-0.25, -0.2) is 9.67 Å². The molecule has 2 heterocycles. The van der Waals surface area contributed by atoms with Gasteiger partial charge >= 0.3 is 0 Å². The number of hydrogen-bond acceptors (Lipinski definition) is 6. The minimum Gasteiger partial charge on any atom is -0.362 e. The van der Waals surface area contributed by atoms with E-state index in [2.05, 4.69) is 21.8 Å². The van der Waals surface area contributed by atoms with E-state index in [0.717, 1.165) is 65.9 Å². The van der Waals surface area contributed by atoms with Gasteiger partial charge in [0.05, 0.1) is 16.9 Å². The number of nitrogens with zero attached hydrogens (tertiary/aromatic N) is 5. The van der Waals surface area contributed by atoms with Gasteiger partial charge in [0.15, 0.2) is 0 Å². The van der Waals surface area contributed by atoms with Crippen LogP contribution >= 0.6 is 11.6 Å². The van der Waals surface area contributed by atoms with E-state index in [-0.39, 0.29) is 0 Å². The lowest BCUT2D eigenvalue weighted by atomic mass is 9.91. The second-order valence-electron chi connectivity index (χ2n) is 9.46. The van der Waals surface area contributed by atoms with Gasteiger partial charge in [-0.15, -0.1) is 0 Å². The Balaban J connectivity index is 1.19. The molecule has 0 unspecified atom stereocenters. The van der Waals surface area contributed by atoms with Crippen LogP contribution in [0.4, 0.5) is 11.8 Å². The van der Waals surface area contributed by atoms with E-state index >= 15 is 0 Å². The molecule has 2 aromatic carbocycles. The lowest BCUT2D eigenvalue weighted by Gasteiger charge is -2.30. The zero-order valence-corrected chi connectivity index (χ0v) is 21.3. The lowest BCUT2D eigenvalue weighted by Crippen LogP contribution is -2.37. The Labute approximate surface area is 211 Å². The fourth-order valence-corrected chi connectivity index (χ4v) is 5.15. The minimum atomic E-state index is 0.371. The number of para-hydroxylation sites is 2. The summed E-state index contributed by atoms with van der Waals surface area (Å²) in [7, 11) is 4.04. The van der Waals surface area contributed by atoms with E-state index in [1.54, 1.807) is 0 Å². The SMILES string of the molecule is Cc1nn(-c2ccccc2)c(Cl)c1CNC1CCC(Nc2nc(N(C)C)c3ccccc3n2)CC1. The Morgan fingerprint density at radius 3 is 2.37 bits per heavy atom. The van der Waals surface area contributed by atoms with Crippen molar-refractivity contribution in [1.82, 2.24) is 25.1 Å². The maximum Gasteiger partial charge on any atom is 0.225 e. The highest BCUT2D eigenvalue weighted by Crippen LogP contribution is 2.27. The molecular formula is C27H32ClN7. The number of halogens is 1. The lowest BCUT2D eigenvalue weighted by molar-refractivity contribution is 0.352. The Bertz CT molecular complexity index is 1290. The molecule has 182 valence electrons. The van der Waals surface area contributed by atoms with Crippen molar-refractivity contribution in [1.29, 1.82) is 0 Å². The van der Waals surface area contributed by atoms with Crippen LogP contribution in [0.2, 0.25) is 5.15 Å². The molecule has 1 fully saturated rings. The topological polar surface area (TPSA) is 70.9 Å². The molecule has 1 aliphatic rings. The van der Waals surface area contributed by atoms with Crippen molar-refractivity contribution in [3.05, 3.63) is 71.0 Å². The fourth-order valence-electron chi connectivity index (χ4n) is 4.81. The van der Waals surface area contributed by atoms with E-state index in [9.17, 15) is 0 Å². The molecule has 4 aromatic rings. The Morgan fingerprint density at radius 1 is 0.943 bits per heavy atom. The van der Waals surface area contributed by atoms with Gasteiger partial charge in [0, 0.05) is 43.7 Å². The third kappa shape index (κ3) is 5.11. The summed E-state index contributed by atoms with van der Waals surface area (Å²) in [6.07, 6.45) is 4.33. The maximum atomic E-state index is 6.70. The second-order valence-corrected chi connectivity index (χ2v) is 9.82. The number of aryl methyl sites for hydroxylation is 1. The van der Waals surface area contributed by atoms with Gasteiger partial charge in [0.25, 0.3) is 0 Å². The van der Waals surface area contributed by atoms with Crippen LogP contribution in [0.5, 0.6) is 0 Å². The number of fused-ring (bicyclic) bond motifs is 1. The molecule has 0 aliphatic heterocycles. The van der Waals surface area contributed by atoms with Crippen LogP contribution in [0, 0.1) is 6.92 Å². The summed E-state index contributed by atoms with van der Waals surface area (Å²) in [5.41, 5.74) is 3.97. The second kappa shape index (κ2) is 10.2. The van der Waals surface area contributed by atoms with Crippen LogP contribution in [0.1, 0.15) is 36.9 Å². The van der Waals surface area contributed by atoms with Crippen LogP contribution in [-0.4, -0.2) is 45.9 Å². The van der Waals surface area contributed by atoms with Crippen LogP contribution in [-0.2, 0) is 6.54 Å². The monoisotopic (exact) mass is 489 g/mol. The molecule has 0 amide bonds.